The summed E-state index contributed by atoms with van der Waals surface area (Å²) in [6.45, 7) is 5.48. The van der Waals surface area contributed by atoms with E-state index in [1.165, 1.54) is 11.3 Å². The molecular formula is C14H16N2O3S. The third kappa shape index (κ3) is 2.75. The van der Waals surface area contributed by atoms with E-state index >= 15 is 0 Å². The van der Waals surface area contributed by atoms with Crippen molar-refractivity contribution in [2.24, 2.45) is 5.73 Å². The number of amides is 2. The lowest BCUT2D eigenvalue weighted by Gasteiger charge is -2.03. The molecule has 0 aliphatic heterocycles. The number of carbonyl (C=O) groups is 2. The lowest BCUT2D eigenvalue weighted by Crippen LogP contribution is -2.16. The first-order valence-electron chi connectivity index (χ1n) is 6.23. The Morgan fingerprint density at radius 1 is 1.30 bits per heavy atom. The fourth-order valence-corrected chi connectivity index (χ4v) is 2.92. The van der Waals surface area contributed by atoms with Crippen molar-refractivity contribution in [3.05, 3.63) is 39.7 Å². The molecule has 2 rings (SSSR count). The number of rotatable bonds is 4. The van der Waals surface area contributed by atoms with Crippen LogP contribution < -0.4 is 11.1 Å². The monoisotopic (exact) mass is 292 g/mol. The van der Waals surface area contributed by atoms with Gasteiger partial charge in [-0.1, -0.05) is 6.92 Å². The van der Waals surface area contributed by atoms with Crippen molar-refractivity contribution in [3.63, 3.8) is 0 Å². The van der Waals surface area contributed by atoms with Gasteiger partial charge < -0.3 is 15.5 Å². The van der Waals surface area contributed by atoms with Crippen LogP contribution >= 0.6 is 11.3 Å². The molecule has 106 valence electrons. The first-order chi connectivity index (χ1) is 9.42. The second-order valence-electron chi connectivity index (χ2n) is 4.45. The molecule has 0 fully saturated rings. The van der Waals surface area contributed by atoms with Gasteiger partial charge in [-0.2, -0.15) is 0 Å². The molecule has 0 saturated carbocycles. The predicted molar refractivity (Wildman–Crippen MR) is 78.4 cm³/mol. The molecule has 0 aromatic carbocycles. The highest BCUT2D eigenvalue weighted by Gasteiger charge is 2.18. The Morgan fingerprint density at radius 2 is 2.00 bits per heavy atom. The van der Waals surface area contributed by atoms with Crippen LogP contribution in [0.15, 0.2) is 16.5 Å². The highest BCUT2D eigenvalue weighted by Crippen LogP contribution is 2.29. The Morgan fingerprint density at radius 3 is 2.50 bits per heavy atom. The summed E-state index contributed by atoms with van der Waals surface area (Å²) in [5.41, 5.74) is 6.14. The van der Waals surface area contributed by atoms with Crippen molar-refractivity contribution in [2.75, 3.05) is 5.32 Å². The third-order valence-corrected chi connectivity index (χ3v) is 4.10. The van der Waals surface area contributed by atoms with E-state index in [1.54, 1.807) is 26.0 Å². The first kappa shape index (κ1) is 14.3. The number of thiophene rings is 1. The molecule has 2 aromatic heterocycles. The summed E-state index contributed by atoms with van der Waals surface area (Å²) < 4.78 is 5.33. The van der Waals surface area contributed by atoms with Gasteiger partial charge in [0.1, 0.15) is 16.5 Å². The van der Waals surface area contributed by atoms with Gasteiger partial charge >= 0.3 is 0 Å². The minimum atomic E-state index is -0.545. The van der Waals surface area contributed by atoms with Crippen molar-refractivity contribution in [1.82, 2.24) is 0 Å². The van der Waals surface area contributed by atoms with E-state index in [4.69, 9.17) is 10.2 Å². The molecule has 0 aliphatic rings. The molecule has 0 spiro atoms. The molecule has 0 radical (unpaired) electrons. The fraction of sp³-hybridized carbons (Fsp3) is 0.286. The van der Waals surface area contributed by atoms with Gasteiger partial charge in [0.2, 0.25) is 0 Å². The molecule has 2 heterocycles. The van der Waals surface area contributed by atoms with Crippen LogP contribution in [0.4, 0.5) is 5.00 Å². The minimum Gasteiger partial charge on any atom is -0.466 e. The number of carbonyl (C=O) groups excluding carboxylic acids is 2. The summed E-state index contributed by atoms with van der Waals surface area (Å²) in [7, 11) is 0. The Bertz CT molecular complexity index is 670. The number of furan rings is 1. The average molecular weight is 292 g/mol. The predicted octanol–water partition coefficient (Wildman–Crippen LogP) is 2.87. The molecule has 0 saturated heterocycles. The largest absolute Gasteiger partial charge is 0.466 e. The van der Waals surface area contributed by atoms with E-state index in [9.17, 15) is 9.59 Å². The van der Waals surface area contributed by atoms with Crippen LogP contribution in [0.5, 0.6) is 0 Å². The average Bonchev–Trinajstić information content (AvgIpc) is 2.92. The Balaban J connectivity index is 2.30. The van der Waals surface area contributed by atoms with Gasteiger partial charge in [-0.3, -0.25) is 9.59 Å². The normalized spacial score (nSPS) is 10.6. The SMILES string of the molecule is CCc1cc(C(N)=O)c(NC(=O)c2cc(C)oc2C)s1. The van der Waals surface area contributed by atoms with Gasteiger partial charge in [0.05, 0.1) is 11.1 Å². The Labute approximate surface area is 120 Å². The fourth-order valence-electron chi connectivity index (χ4n) is 1.92. The molecule has 0 unspecified atom stereocenters. The van der Waals surface area contributed by atoms with Gasteiger partial charge in [0.25, 0.3) is 11.8 Å². The van der Waals surface area contributed by atoms with Crippen molar-refractivity contribution in [2.45, 2.75) is 27.2 Å². The number of hydrogen-bond donors (Lipinski definition) is 2. The van der Waals surface area contributed by atoms with Gasteiger partial charge in [-0.15, -0.1) is 11.3 Å². The maximum atomic E-state index is 12.2. The van der Waals surface area contributed by atoms with Crippen LogP contribution in [0.25, 0.3) is 0 Å². The quantitative estimate of drug-likeness (QED) is 0.908. The van der Waals surface area contributed by atoms with E-state index in [1.807, 2.05) is 6.92 Å². The number of anilines is 1. The van der Waals surface area contributed by atoms with Crippen molar-refractivity contribution >= 4 is 28.2 Å². The maximum absolute atomic E-state index is 12.2. The summed E-state index contributed by atoms with van der Waals surface area (Å²) >= 11 is 1.36. The molecule has 3 N–H and O–H groups in total. The lowest BCUT2D eigenvalue weighted by atomic mass is 10.2. The number of aryl methyl sites for hydroxylation is 3. The maximum Gasteiger partial charge on any atom is 0.259 e. The van der Waals surface area contributed by atoms with Crippen LogP contribution in [-0.2, 0) is 6.42 Å². The van der Waals surface area contributed by atoms with Crippen LogP contribution in [0.1, 0.15) is 44.0 Å². The molecule has 5 nitrogen and oxygen atoms in total. The zero-order valence-electron chi connectivity index (χ0n) is 11.6. The first-order valence-corrected chi connectivity index (χ1v) is 7.05. The highest BCUT2D eigenvalue weighted by atomic mass is 32.1. The smallest absolute Gasteiger partial charge is 0.259 e. The van der Waals surface area contributed by atoms with E-state index in [2.05, 4.69) is 5.32 Å². The minimum absolute atomic E-state index is 0.300. The number of nitrogens with two attached hydrogens (primary N) is 1. The number of primary amides is 1. The molecule has 2 aromatic rings. The number of hydrogen-bond acceptors (Lipinski definition) is 4. The molecule has 0 aliphatic carbocycles. The van der Waals surface area contributed by atoms with E-state index in [0.29, 0.717) is 27.6 Å². The molecule has 0 bridgehead atoms. The standard InChI is InChI=1S/C14H16N2O3S/c1-4-9-6-11(12(15)17)14(20-9)16-13(18)10-5-7(2)19-8(10)3/h5-6H,4H2,1-3H3,(H2,15,17)(H,16,18). The van der Waals surface area contributed by atoms with Gasteiger partial charge in [0, 0.05) is 4.88 Å². The van der Waals surface area contributed by atoms with Gasteiger partial charge in [0.15, 0.2) is 0 Å². The molecular weight excluding hydrogens is 276 g/mol. The van der Waals surface area contributed by atoms with Crippen molar-refractivity contribution in [1.29, 1.82) is 0 Å². The van der Waals surface area contributed by atoms with E-state index in [0.717, 1.165) is 11.3 Å². The number of nitrogens with one attached hydrogen (secondary N) is 1. The van der Waals surface area contributed by atoms with Crippen LogP contribution in [-0.4, -0.2) is 11.8 Å². The highest BCUT2D eigenvalue weighted by molar-refractivity contribution is 7.16. The van der Waals surface area contributed by atoms with Crippen molar-refractivity contribution in [3.8, 4) is 0 Å². The molecule has 20 heavy (non-hydrogen) atoms. The molecule has 2 amide bonds. The zero-order valence-corrected chi connectivity index (χ0v) is 12.4. The molecule has 0 atom stereocenters. The third-order valence-electron chi connectivity index (χ3n) is 2.91. The van der Waals surface area contributed by atoms with Crippen LogP contribution in [0.2, 0.25) is 0 Å². The van der Waals surface area contributed by atoms with Gasteiger partial charge in [-0.05, 0) is 32.4 Å². The lowest BCUT2D eigenvalue weighted by molar-refractivity contribution is 0.100. The second-order valence-corrected chi connectivity index (χ2v) is 5.59. The molecule has 6 heteroatoms. The summed E-state index contributed by atoms with van der Waals surface area (Å²) in [5.74, 6) is 0.374. The van der Waals surface area contributed by atoms with E-state index in [-0.39, 0.29) is 5.91 Å². The zero-order chi connectivity index (χ0) is 14.9. The topological polar surface area (TPSA) is 85.3 Å². The van der Waals surface area contributed by atoms with E-state index < -0.39 is 5.91 Å². The summed E-state index contributed by atoms with van der Waals surface area (Å²) in [6, 6.07) is 3.39. The Kier molecular flexibility index (Phi) is 3.94. The Hall–Kier alpha value is -2.08. The summed E-state index contributed by atoms with van der Waals surface area (Å²) in [6.07, 6.45) is 0.782. The van der Waals surface area contributed by atoms with Crippen LogP contribution in [0, 0.1) is 13.8 Å². The van der Waals surface area contributed by atoms with Crippen LogP contribution in [0.3, 0.4) is 0 Å². The summed E-state index contributed by atoms with van der Waals surface area (Å²) in [5, 5.41) is 3.22. The van der Waals surface area contributed by atoms with Gasteiger partial charge in [-0.25, -0.2) is 0 Å². The van der Waals surface area contributed by atoms with Crippen molar-refractivity contribution < 1.29 is 14.0 Å². The second kappa shape index (κ2) is 5.50. The summed E-state index contributed by atoms with van der Waals surface area (Å²) in [4.78, 5) is 24.6.